The second-order valence-corrected chi connectivity index (χ2v) is 14.3. The Kier molecular flexibility index (Phi) is 6.80. The molecule has 0 fully saturated rings. The minimum Gasteiger partial charge on any atom is -0.292 e. The Bertz CT molecular complexity index is 2960. The van der Waals surface area contributed by atoms with Gasteiger partial charge in [-0.05, 0) is 115 Å². The summed E-state index contributed by atoms with van der Waals surface area (Å²) in [7, 11) is 0. The molecule has 0 saturated heterocycles. The summed E-state index contributed by atoms with van der Waals surface area (Å²) >= 11 is 0. The van der Waals surface area contributed by atoms with Crippen molar-refractivity contribution in [2.75, 3.05) is 0 Å². The minimum absolute atomic E-state index is 0.510. The fourth-order valence-electron chi connectivity index (χ4n) is 9.06. The second-order valence-electron chi connectivity index (χ2n) is 14.3. The van der Waals surface area contributed by atoms with Crippen LogP contribution in [0, 0.1) is 0 Å². The van der Waals surface area contributed by atoms with Crippen molar-refractivity contribution in [3.8, 4) is 39.3 Å². The predicted molar refractivity (Wildman–Crippen MR) is 224 cm³/mol. The Morgan fingerprint density at radius 2 is 0.833 bits per heavy atom. The van der Waals surface area contributed by atoms with Gasteiger partial charge in [0.1, 0.15) is 5.82 Å². The van der Waals surface area contributed by atoms with Gasteiger partial charge >= 0.3 is 0 Å². The molecule has 0 atom stereocenters. The number of para-hydroxylation sites is 3. The van der Waals surface area contributed by atoms with Crippen LogP contribution in [0.1, 0.15) is 22.3 Å². The molecule has 11 rings (SSSR count). The van der Waals surface area contributed by atoms with Crippen molar-refractivity contribution in [3.05, 3.63) is 229 Å². The van der Waals surface area contributed by atoms with Gasteiger partial charge in [0.05, 0.1) is 16.4 Å². The average molecular weight is 687 g/mol. The summed E-state index contributed by atoms with van der Waals surface area (Å²) in [6.45, 7) is 0. The summed E-state index contributed by atoms with van der Waals surface area (Å²) in [5, 5.41) is 5.21. The lowest BCUT2D eigenvalue weighted by Gasteiger charge is -2.34. The Morgan fingerprint density at radius 1 is 0.370 bits per heavy atom. The van der Waals surface area contributed by atoms with Gasteiger partial charge in [-0.15, -0.1) is 0 Å². The van der Waals surface area contributed by atoms with Crippen LogP contribution in [-0.4, -0.2) is 9.55 Å². The van der Waals surface area contributed by atoms with Gasteiger partial charge in [0.25, 0.3) is 0 Å². The van der Waals surface area contributed by atoms with E-state index in [0.717, 1.165) is 28.1 Å². The van der Waals surface area contributed by atoms with E-state index in [0.29, 0.717) is 0 Å². The van der Waals surface area contributed by atoms with Crippen molar-refractivity contribution >= 4 is 32.6 Å². The molecule has 2 nitrogen and oxygen atoms in total. The molecule has 0 bridgehead atoms. The Hall–Kier alpha value is -7.03. The van der Waals surface area contributed by atoms with Crippen LogP contribution in [0.5, 0.6) is 0 Å². The van der Waals surface area contributed by atoms with E-state index < -0.39 is 5.41 Å². The molecule has 9 aromatic carbocycles. The van der Waals surface area contributed by atoms with Crippen LogP contribution in [0.15, 0.2) is 206 Å². The molecule has 252 valence electrons. The zero-order valence-electron chi connectivity index (χ0n) is 29.5. The molecule has 0 saturated carbocycles. The van der Waals surface area contributed by atoms with Gasteiger partial charge in [0.15, 0.2) is 0 Å². The van der Waals surface area contributed by atoms with E-state index in [-0.39, 0.29) is 0 Å². The van der Waals surface area contributed by atoms with Crippen molar-refractivity contribution in [1.29, 1.82) is 0 Å². The zero-order chi connectivity index (χ0) is 35.6. The van der Waals surface area contributed by atoms with E-state index in [1.165, 1.54) is 66.1 Å². The Morgan fingerprint density at radius 3 is 1.41 bits per heavy atom. The molecule has 1 aromatic heterocycles. The molecule has 1 aliphatic rings. The van der Waals surface area contributed by atoms with Crippen molar-refractivity contribution in [2.24, 2.45) is 0 Å². The molecular weight excluding hydrogens is 653 g/mol. The van der Waals surface area contributed by atoms with Gasteiger partial charge in [-0.25, -0.2) is 4.98 Å². The molecule has 2 heteroatoms. The fourth-order valence-corrected chi connectivity index (χ4v) is 9.06. The van der Waals surface area contributed by atoms with E-state index in [2.05, 4.69) is 211 Å². The van der Waals surface area contributed by atoms with Crippen LogP contribution in [0.3, 0.4) is 0 Å². The summed E-state index contributed by atoms with van der Waals surface area (Å²) < 4.78 is 2.27. The molecular formula is C52H34N2. The average Bonchev–Trinajstić information content (AvgIpc) is 3.79. The number of hydrogen-bond donors (Lipinski definition) is 0. The molecule has 0 amide bonds. The number of nitrogens with zero attached hydrogens (tertiary/aromatic N) is 2. The maximum Gasteiger partial charge on any atom is 0.145 e. The van der Waals surface area contributed by atoms with Gasteiger partial charge in [-0.3, -0.25) is 4.57 Å². The normalized spacial score (nSPS) is 13.0. The first-order chi connectivity index (χ1) is 26.8. The molecule has 0 N–H and O–H groups in total. The maximum atomic E-state index is 5.13. The number of fused-ring (bicyclic) bond motifs is 1. The molecule has 0 radical (unpaired) electrons. The third kappa shape index (κ3) is 4.50. The fraction of sp³-hybridized carbons (Fsp3) is 0.0192. The third-order valence-electron chi connectivity index (χ3n) is 11.4. The molecule has 10 aromatic rings. The number of imidazole rings is 1. The lowest BCUT2D eigenvalue weighted by atomic mass is 9.66. The van der Waals surface area contributed by atoms with Gasteiger partial charge in [-0.1, -0.05) is 158 Å². The van der Waals surface area contributed by atoms with Gasteiger partial charge < -0.3 is 0 Å². The van der Waals surface area contributed by atoms with Crippen molar-refractivity contribution < 1.29 is 0 Å². The molecule has 0 spiro atoms. The van der Waals surface area contributed by atoms with Crippen molar-refractivity contribution in [1.82, 2.24) is 9.55 Å². The first kappa shape index (κ1) is 30.6. The van der Waals surface area contributed by atoms with E-state index >= 15 is 0 Å². The molecule has 54 heavy (non-hydrogen) atoms. The lowest BCUT2D eigenvalue weighted by Crippen LogP contribution is -2.28. The maximum absolute atomic E-state index is 5.13. The number of hydrogen-bond acceptors (Lipinski definition) is 1. The Labute approximate surface area is 314 Å². The number of benzene rings is 9. The topological polar surface area (TPSA) is 17.8 Å². The molecule has 0 unspecified atom stereocenters. The summed E-state index contributed by atoms with van der Waals surface area (Å²) in [4.78, 5) is 5.13. The highest BCUT2D eigenvalue weighted by molar-refractivity contribution is 6.18. The van der Waals surface area contributed by atoms with Crippen LogP contribution in [0.4, 0.5) is 0 Å². The van der Waals surface area contributed by atoms with Gasteiger partial charge in [-0.2, -0.15) is 0 Å². The van der Waals surface area contributed by atoms with Gasteiger partial charge in [0.2, 0.25) is 0 Å². The standard InChI is InChI=1S/C52H34N2/c1-5-15-35(16-6-1)40-31-38-29-30-39-32-41(34-46-50(39)49(38)45(33-40)52(46,42-17-7-2-8-18-42)43-19-9-3-10-20-43)36-25-27-37(28-26-36)51-53-47-23-13-14-24-48(47)54(51)44-21-11-4-12-22-44/h1-34H. The van der Waals surface area contributed by atoms with Crippen LogP contribution in [-0.2, 0) is 5.41 Å². The van der Waals surface area contributed by atoms with Gasteiger partial charge in [0, 0.05) is 11.3 Å². The van der Waals surface area contributed by atoms with E-state index in [9.17, 15) is 0 Å². The SMILES string of the molecule is c1ccc(-c2cc3c4c(ccc5cc(-c6ccc(-c7nc8ccccc8n7-c7ccccc7)cc6)cc(c54)C3(c3ccccc3)c3ccccc3)c2)cc1. The van der Waals surface area contributed by atoms with Crippen LogP contribution >= 0.6 is 0 Å². The molecule has 0 aliphatic heterocycles. The summed E-state index contributed by atoms with van der Waals surface area (Å²) in [6.07, 6.45) is 0. The highest BCUT2D eigenvalue weighted by Crippen LogP contribution is 2.57. The van der Waals surface area contributed by atoms with E-state index in [4.69, 9.17) is 4.98 Å². The first-order valence-electron chi connectivity index (χ1n) is 18.6. The Balaban J connectivity index is 1.14. The highest BCUT2D eigenvalue weighted by atomic mass is 15.1. The summed E-state index contributed by atoms with van der Waals surface area (Å²) in [6, 6.07) is 75.2. The van der Waals surface area contributed by atoms with Crippen molar-refractivity contribution in [2.45, 2.75) is 5.41 Å². The van der Waals surface area contributed by atoms with Crippen LogP contribution in [0.2, 0.25) is 0 Å². The zero-order valence-corrected chi connectivity index (χ0v) is 29.5. The highest BCUT2D eigenvalue weighted by Gasteiger charge is 2.45. The number of aromatic nitrogens is 2. The van der Waals surface area contributed by atoms with E-state index in [1.54, 1.807) is 0 Å². The second kappa shape index (κ2) is 12.0. The quantitative estimate of drug-likeness (QED) is 0.159. The largest absolute Gasteiger partial charge is 0.292 e. The third-order valence-corrected chi connectivity index (χ3v) is 11.4. The molecule has 1 aliphatic carbocycles. The predicted octanol–water partition coefficient (Wildman–Crippen LogP) is 13.0. The minimum atomic E-state index is -0.510. The van der Waals surface area contributed by atoms with Crippen molar-refractivity contribution in [3.63, 3.8) is 0 Å². The smallest absolute Gasteiger partial charge is 0.145 e. The van der Waals surface area contributed by atoms with Crippen LogP contribution < -0.4 is 0 Å². The summed E-state index contributed by atoms with van der Waals surface area (Å²) in [5.41, 5.74) is 13.8. The first-order valence-corrected chi connectivity index (χ1v) is 18.6. The molecule has 1 heterocycles. The summed E-state index contributed by atoms with van der Waals surface area (Å²) in [5.74, 6) is 0.935. The van der Waals surface area contributed by atoms with E-state index in [1.807, 2.05) is 0 Å². The number of rotatable bonds is 6. The van der Waals surface area contributed by atoms with Crippen LogP contribution in [0.25, 0.3) is 71.9 Å². The lowest BCUT2D eigenvalue weighted by molar-refractivity contribution is 0.772. The monoisotopic (exact) mass is 686 g/mol.